The number of hydrogen-bond donors (Lipinski definition) is 1. The van der Waals surface area contributed by atoms with Gasteiger partial charge in [-0.05, 0) is 57.2 Å². The normalized spacial score (nSPS) is 11.9. The lowest BCUT2D eigenvalue weighted by atomic mass is 10.1. The van der Waals surface area contributed by atoms with Crippen molar-refractivity contribution in [1.29, 1.82) is 0 Å². The molecule has 22 heavy (non-hydrogen) atoms. The first-order chi connectivity index (χ1) is 10.3. The van der Waals surface area contributed by atoms with Crippen molar-refractivity contribution in [2.75, 3.05) is 5.32 Å². The lowest BCUT2D eigenvalue weighted by Gasteiger charge is -2.22. The molecule has 2 heterocycles. The number of fused-ring (bicyclic) bond motifs is 1. The van der Waals surface area contributed by atoms with Gasteiger partial charge in [0.15, 0.2) is 0 Å². The fourth-order valence-corrected chi connectivity index (χ4v) is 2.46. The Morgan fingerprint density at radius 1 is 1.09 bits per heavy atom. The van der Waals surface area contributed by atoms with Crippen molar-refractivity contribution >= 4 is 23.1 Å². The van der Waals surface area contributed by atoms with Gasteiger partial charge in [0.2, 0.25) is 0 Å². The van der Waals surface area contributed by atoms with E-state index < -0.39 is 0 Å². The lowest BCUT2D eigenvalue weighted by molar-refractivity contribution is 0.627. The third-order valence-electron chi connectivity index (χ3n) is 3.19. The van der Waals surface area contributed by atoms with Gasteiger partial charge in [-0.2, -0.15) is 0 Å². The molecule has 0 saturated heterocycles. The topological polar surface area (TPSA) is 29.3 Å². The Bertz CT molecular complexity index is 816. The molecule has 114 valence electrons. The molecule has 0 radical (unpaired) electrons. The van der Waals surface area contributed by atoms with Gasteiger partial charge in [-0.1, -0.05) is 11.6 Å². The maximum atomic E-state index is 13.2. The molecule has 0 amide bonds. The number of rotatable bonds is 2. The average Bonchev–Trinajstić information content (AvgIpc) is 2.76. The maximum absolute atomic E-state index is 13.2. The number of hydrogen-bond acceptors (Lipinski definition) is 2. The maximum Gasteiger partial charge on any atom is 0.139 e. The van der Waals surface area contributed by atoms with Gasteiger partial charge in [0.25, 0.3) is 0 Å². The van der Waals surface area contributed by atoms with Gasteiger partial charge in [-0.3, -0.25) is 4.40 Å². The number of anilines is 1. The fourth-order valence-electron chi connectivity index (χ4n) is 2.30. The van der Waals surface area contributed by atoms with Crippen LogP contribution in [-0.4, -0.2) is 14.9 Å². The van der Waals surface area contributed by atoms with Crippen LogP contribution in [0.2, 0.25) is 5.02 Å². The van der Waals surface area contributed by atoms with Crippen LogP contribution in [-0.2, 0) is 0 Å². The molecule has 0 bridgehead atoms. The summed E-state index contributed by atoms with van der Waals surface area (Å²) in [5.41, 5.74) is 2.27. The molecular weight excluding hydrogens is 301 g/mol. The highest BCUT2D eigenvalue weighted by Gasteiger charge is 2.19. The van der Waals surface area contributed by atoms with E-state index in [9.17, 15) is 4.39 Å². The highest BCUT2D eigenvalue weighted by atomic mass is 35.5. The molecule has 2 aromatic heterocycles. The third-order valence-corrected chi connectivity index (χ3v) is 3.42. The summed E-state index contributed by atoms with van der Waals surface area (Å²) in [6.07, 6.45) is 1.82. The van der Waals surface area contributed by atoms with E-state index in [-0.39, 0.29) is 11.4 Å². The Morgan fingerprint density at radius 3 is 2.41 bits per heavy atom. The monoisotopic (exact) mass is 317 g/mol. The summed E-state index contributed by atoms with van der Waals surface area (Å²) in [7, 11) is 0. The molecular formula is C17H17ClFN3. The summed E-state index contributed by atoms with van der Waals surface area (Å²) in [4.78, 5) is 4.66. The predicted octanol–water partition coefficient (Wildman–Crippen LogP) is 5.00. The Kier molecular flexibility index (Phi) is 3.57. The SMILES string of the molecule is CC(C)(C)Nc1c(-c2ccc(F)cc2)nc2ccc(Cl)cn12. The molecule has 0 saturated carbocycles. The molecule has 1 aromatic carbocycles. The van der Waals surface area contributed by atoms with Crippen LogP contribution < -0.4 is 5.32 Å². The van der Waals surface area contributed by atoms with E-state index in [1.807, 2.05) is 16.7 Å². The minimum atomic E-state index is -0.263. The van der Waals surface area contributed by atoms with Crippen molar-refractivity contribution < 1.29 is 4.39 Å². The van der Waals surface area contributed by atoms with E-state index in [0.29, 0.717) is 5.02 Å². The van der Waals surface area contributed by atoms with Crippen molar-refractivity contribution in [3.8, 4) is 11.3 Å². The minimum Gasteiger partial charge on any atom is -0.365 e. The largest absolute Gasteiger partial charge is 0.365 e. The van der Waals surface area contributed by atoms with Crippen LogP contribution in [0.25, 0.3) is 16.9 Å². The van der Waals surface area contributed by atoms with Gasteiger partial charge >= 0.3 is 0 Å². The number of pyridine rings is 1. The Morgan fingerprint density at radius 2 is 1.77 bits per heavy atom. The number of aromatic nitrogens is 2. The molecule has 0 aliphatic carbocycles. The minimum absolute atomic E-state index is 0.146. The Labute approximate surface area is 133 Å². The van der Waals surface area contributed by atoms with Crippen molar-refractivity contribution in [1.82, 2.24) is 9.38 Å². The number of nitrogens with zero attached hydrogens (tertiary/aromatic N) is 2. The zero-order chi connectivity index (χ0) is 15.9. The van der Waals surface area contributed by atoms with Crippen LogP contribution in [0.5, 0.6) is 0 Å². The summed E-state index contributed by atoms with van der Waals surface area (Å²) < 4.78 is 15.1. The average molecular weight is 318 g/mol. The fraction of sp³-hybridized carbons (Fsp3) is 0.235. The molecule has 0 aliphatic rings. The van der Waals surface area contributed by atoms with Crippen molar-refractivity contribution in [2.45, 2.75) is 26.3 Å². The zero-order valence-electron chi connectivity index (χ0n) is 12.7. The number of imidazole rings is 1. The van der Waals surface area contributed by atoms with Gasteiger partial charge in [-0.15, -0.1) is 0 Å². The quantitative estimate of drug-likeness (QED) is 0.720. The first-order valence-corrected chi connectivity index (χ1v) is 7.43. The molecule has 3 aromatic rings. The van der Waals surface area contributed by atoms with Crippen molar-refractivity contribution in [3.63, 3.8) is 0 Å². The van der Waals surface area contributed by atoms with Gasteiger partial charge in [0.1, 0.15) is 23.0 Å². The molecule has 0 spiro atoms. The Hall–Kier alpha value is -2.07. The highest BCUT2D eigenvalue weighted by Crippen LogP contribution is 2.31. The molecule has 5 heteroatoms. The second-order valence-electron chi connectivity index (χ2n) is 6.27. The van der Waals surface area contributed by atoms with E-state index in [0.717, 1.165) is 22.7 Å². The lowest BCUT2D eigenvalue weighted by Crippen LogP contribution is -2.27. The summed E-state index contributed by atoms with van der Waals surface area (Å²) in [5, 5.41) is 4.09. The second-order valence-corrected chi connectivity index (χ2v) is 6.70. The van der Waals surface area contributed by atoms with Gasteiger partial charge < -0.3 is 5.32 Å². The van der Waals surface area contributed by atoms with Crippen LogP contribution in [0.4, 0.5) is 10.2 Å². The first-order valence-electron chi connectivity index (χ1n) is 7.05. The summed E-state index contributed by atoms with van der Waals surface area (Å²) >= 11 is 6.11. The van der Waals surface area contributed by atoms with E-state index in [2.05, 4.69) is 31.1 Å². The highest BCUT2D eigenvalue weighted by molar-refractivity contribution is 6.30. The smallest absolute Gasteiger partial charge is 0.139 e. The van der Waals surface area contributed by atoms with E-state index in [4.69, 9.17) is 11.6 Å². The molecule has 0 atom stereocenters. The van der Waals surface area contributed by atoms with Crippen LogP contribution >= 0.6 is 11.6 Å². The van der Waals surface area contributed by atoms with Gasteiger partial charge in [-0.25, -0.2) is 9.37 Å². The van der Waals surface area contributed by atoms with Gasteiger partial charge in [0, 0.05) is 17.3 Å². The van der Waals surface area contributed by atoms with Crippen LogP contribution in [0, 0.1) is 5.82 Å². The molecule has 0 unspecified atom stereocenters. The Balaban J connectivity index is 2.23. The molecule has 3 nitrogen and oxygen atoms in total. The second kappa shape index (κ2) is 5.29. The summed E-state index contributed by atoms with van der Waals surface area (Å²) in [6.45, 7) is 6.22. The first kappa shape index (κ1) is 14.9. The standard InChI is InChI=1S/C17H17ClFN3/c1-17(2,3)21-16-15(11-4-7-13(19)8-5-11)20-14-9-6-12(18)10-22(14)16/h4-10,21H,1-3H3. The van der Waals surface area contributed by atoms with E-state index in [1.54, 1.807) is 18.2 Å². The molecule has 1 N–H and O–H groups in total. The molecule has 3 rings (SSSR count). The van der Waals surface area contributed by atoms with Crippen LogP contribution in [0.15, 0.2) is 42.6 Å². The number of benzene rings is 1. The van der Waals surface area contributed by atoms with Crippen LogP contribution in [0.1, 0.15) is 20.8 Å². The molecule has 0 fully saturated rings. The summed E-state index contributed by atoms with van der Waals surface area (Å²) in [6, 6.07) is 10.0. The zero-order valence-corrected chi connectivity index (χ0v) is 13.4. The van der Waals surface area contributed by atoms with Gasteiger partial charge in [0.05, 0.1) is 5.02 Å². The van der Waals surface area contributed by atoms with Crippen molar-refractivity contribution in [3.05, 3.63) is 53.4 Å². The number of nitrogens with one attached hydrogen (secondary N) is 1. The van der Waals surface area contributed by atoms with E-state index in [1.165, 1.54) is 12.1 Å². The summed E-state index contributed by atoms with van der Waals surface area (Å²) in [5.74, 6) is 0.581. The van der Waals surface area contributed by atoms with Crippen molar-refractivity contribution in [2.24, 2.45) is 0 Å². The molecule has 0 aliphatic heterocycles. The predicted molar refractivity (Wildman–Crippen MR) is 89.0 cm³/mol. The van der Waals surface area contributed by atoms with E-state index >= 15 is 0 Å². The van der Waals surface area contributed by atoms with Crippen LogP contribution in [0.3, 0.4) is 0 Å². The number of halogens is 2. The third kappa shape index (κ3) is 2.92.